The van der Waals surface area contributed by atoms with Crippen molar-refractivity contribution in [2.75, 3.05) is 6.61 Å². The van der Waals surface area contributed by atoms with Crippen LogP contribution in [0.5, 0.6) is 5.75 Å². The van der Waals surface area contributed by atoms with Crippen LogP contribution in [-0.4, -0.2) is 34.9 Å². The molecule has 1 atom stereocenters. The maximum atomic E-state index is 13.0. The third kappa shape index (κ3) is 7.37. The molecule has 7 heteroatoms. The van der Waals surface area contributed by atoms with Crippen molar-refractivity contribution in [3.05, 3.63) is 63.6 Å². The molecule has 0 unspecified atom stereocenters. The Morgan fingerprint density at radius 2 is 1.86 bits per heavy atom. The molecule has 2 aromatic carbocycles. The van der Waals surface area contributed by atoms with Gasteiger partial charge in [-0.15, -0.1) is 0 Å². The number of carbonyl (C=O) groups is 2. The van der Waals surface area contributed by atoms with E-state index in [1.807, 2.05) is 45.0 Å². The summed E-state index contributed by atoms with van der Waals surface area (Å²) in [5, 5.41) is 3.36. The molecule has 0 aliphatic carbocycles. The van der Waals surface area contributed by atoms with Gasteiger partial charge in [-0.3, -0.25) is 9.59 Å². The number of hydrogen-bond donors (Lipinski definition) is 1. The van der Waals surface area contributed by atoms with E-state index in [-0.39, 0.29) is 25.0 Å². The second-order valence-corrected chi connectivity index (χ2v) is 9.11. The number of amides is 2. The van der Waals surface area contributed by atoms with E-state index in [4.69, 9.17) is 16.3 Å². The highest BCUT2D eigenvalue weighted by Gasteiger charge is 2.28. The smallest absolute Gasteiger partial charge is 0.261 e. The summed E-state index contributed by atoms with van der Waals surface area (Å²) in [5.41, 5.74) is 0.505. The fourth-order valence-corrected chi connectivity index (χ4v) is 3.31. The fraction of sp³-hybridized carbons (Fsp3) is 0.364. The van der Waals surface area contributed by atoms with Crippen LogP contribution in [-0.2, 0) is 16.1 Å². The number of nitrogens with zero attached hydrogens (tertiary/aromatic N) is 1. The molecule has 0 aliphatic heterocycles. The minimum absolute atomic E-state index is 0.217. The van der Waals surface area contributed by atoms with E-state index in [9.17, 15) is 9.59 Å². The lowest BCUT2D eigenvalue weighted by Crippen LogP contribution is -2.53. The Labute approximate surface area is 185 Å². The Hall–Kier alpha value is -2.05. The minimum Gasteiger partial charge on any atom is -0.482 e. The first kappa shape index (κ1) is 23.2. The molecule has 0 spiro atoms. The molecule has 0 aliphatic rings. The van der Waals surface area contributed by atoms with Crippen LogP contribution in [0.1, 0.15) is 33.3 Å². The predicted octanol–water partition coefficient (Wildman–Crippen LogP) is 4.81. The third-order valence-electron chi connectivity index (χ3n) is 4.10. The molecule has 0 aromatic heterocycles. The maximum absolute atomic E-state index is 13.0. The van der Waals surface area contributed by atoms with Crippen molar-refractivity contribution in [3.63, 3.8) is 0 Å². The summed E-state index contributed by atoms with van der Waals surface area (Å²) in [6.45, 7) is 7.48. The van der Waals surface area contributed by atoms with Crippen molar-refractivity contribution in [1.82, 2.24) is 10.2 Å². The van der Waals surface area contributed by atoms with Gasteiger partial charge in [0.15, 0.2) is 6.61 Å². The number of para-hydroxylation sites is 1. The molecule has 2 amide bonds. The van der Waals surface area contributed by atoms with Crippen LogP contribution in [0.15, 0.2) is 53.0 Å². The van der Waals surface area contributed by atoms with Crippen LogP contribution in [0.4, 0.5) is 0 Å². The number of ether oxygens (including phenoxy) is 1. The number of carbonyl (C=O) groups excluding carboxylic acids is 2. The van der Waals surface area contributed by atoms with Crippen LogP contribution >= 0.6 is 27.5 Å². The zero-order valence-corrected chi connectivity index (χ0v) is 19.4. The van der Waals surface area contributed by atoms with Crippen LogP contribution in [0.3, 0.4) is 0 Å². The average molecular weight is 482 g/mol. The van der Waals surface area contributed by atoms with Gasteiger partial charge in [0.25, 0.3) is 5.91 Å². The van der Waals surface area contributed by atoms with E-state index in [1.54, 1.807) is 31.2 Å². The molecule has 0 saturated carbocycles. The first-order chi connectivity index (χ1) is 13.6. The predicted molar refractivity (Wildman–Crippen MR) is 119 cm³/mol. The van der Waals surface area contributed by atoms with E-state index in [0.717, 1.165) is 10.0 Å². The largest absolute Gasteiger partial charge is 0.482 e. The molecule has 0 saturated heterocycles. The summed E-state index contributed by atoms with van der Waals surface area (Å²) in [6, 6.07) is 13.9. The lowest BCUT2D eigenvalue weighted by atomic mass is 10.1. The number of halogens is 2. The molecule has 5 nitrogen and oxygen atoms in total. The summed E-state index contributed by atoms with van der Waals surface area (Å²) in [7, 11) is 0. The molecule has 29 heavy (non-hydrogen) atoms. The average Bonchev–Trinajstić information content (AvgIpc) is 2.63. The summed E-state index contributed by atoms with van der Waals surface area (Å²) in [5.74, 6) is -0.100. The quantitative estimate of drug-likeness (QED) is 0.617. The Kier molecular flexibility index (Phi) is 8.11. The second-order valence-electron chi connectivity index (χ2n) is 7.79. The van der Waals surface area contributed by atoms with Gasteiger partial charge in [0, 0.05) is 16.6 Å². The Bertz CT molecular complexity index is 867. The van der Waals surface area contributed by atoms with Crippen LogP contribution in [0.25, 0.3) is 0 Å². The Morgan fingerprint density at radius 3 is 2.48 bits per heavy atom. The molecule has 2 aromatic rings. The SMILES string of the molecule is C[C@@H](C(=O)NC(C)(C)C)N(Cc1cccc(Br)c1)C(=O)COc1ccccc1Cl. The normalized spacial score (nSPS) is 12.2. The first-order valence-corrected chi connectivity index (χ1v) is 10.5. The first-order valence-electron chi connectivity index (χ1n) is 9.30. The minimum atomic E-state index is -0.671. The van der Waals surface area contributed by atoms with Crippen molar-refractivity contribution < 1.29 is 14.3 Å². The number of benzene rings is 2. The van der Waals surface area contributed by atoms with Gasteiger partial charge in [0.05, 0.1) is 5.02 Å². The maximum Gasteiger partial charge on any atom is 0.261 e. The van der Waals surface area contributed by atoms with Gasteiger partial charge in [0.1, 0.15) is 11.8 Å². The highest BCUT2D eigenvalue weighted by Crippen LogP contribution is 2.23. The van der Waals surface area contributed by atoms with Gasteiger partial charge in [-0.2, -0.15) is 0 Å². The lowest BCUT2D eigenvalue weighted by molar-refractivity contribution is -0.142. The van der Waals surface area contributed by atoms with Gasteiger partial charge in [0.2, 0.25) is 5.91 Å². The molecule has 0 bridgehead atoms. The molecule has 0 heterocycles. The van der Waals surface area contributed by atoms with Crippen molar-refractivity contribution in [1.29, 1.82) is 0 Å². The third-order valence-corrected chi connectivity index (χ3v) is 4.90. The number of nitrogens with one attached hydrogen (secondary N) is 1. The molecule has 156 valence electrons. The Balaban J connectivity index is 2.19. The van der Waals surface area contributed by atoms with Crippen LogP contribution in [0.2, 0.25) is 5.02 Å². The zero-order chi connectivity index (χ0) is 21.6. The van der Waals surface area contributed by atoms with Gasteiger partial charge in [-0.05, 0) is 57.5 Å². The monoisotopic (exact) mass is 480 g/mol. The number of hydrogen-bond acceptors (Lipinski definition) is 3. The zero-order valence-electron chi connectivity index (χ0n) is 17.0. The van der Waals surface area contributed by atoms with E-state index in [1.165, 1.54) is 4.90 Å². The summed E-state index contributed by atoms with van der Waals surface area (Å²) in [6.07, 6.45) is 0. The number of rotatable bonds is 7. The van der Waals surface area contributed by atoms with Gasteiger partial charge in [-0.25, -0.2) is 0 Å². The van der Waals surface area contributed by atoms with Crippen molar-refractivity contribution >= 4 is 39.3 Å². The van der Waals surface area contributed by atoms with Crippen LogP contribution in [0, 0.1) is 0 Å². The van der Waals surface area contributed by atoms with Gasteiger partial charge in [-0.1, -0.05) is 51.8 Å². The highest BCUT2D eigenvalue weighted by atomic mass is 79.9. The summed E-state index contributed by atoms with van der Waals surface area (Å²) >= 11 is 9.54. The molecule has 2 rings (SSSR count). The molecular formula is C22H26BrClN2O3. The lowest BCUT2D eigenvalue weighted by Gasteiger charge is -2.31. The summed E-state index contributed by atoms with van der Waals surface area (Å²) < 4.78 is 6.51. The highest BCUT2D eigenvalue weighted by molar-refractivity contribution is 9.10. The second kappa shape index (κ2) is 10.1. The molecule has 0 radical (unpaired) electrons. The standard InChI is InChI=1S/C22H26BrClN2O3/c1-15(21(28)25-22(2,3)4)26(13-16-8-7-9-17(23)12-16)20(27)14-29-19-11-6-5-10-18(19)24/h5-12,15H,13-14H2,1-4H3,(H,25,28)/t15-/m0/s1. The fourth-order valence-electron chi connectivity index (χ4n) is 2.67. The Morgan fingerprint density at radius 1 is 1.17 bits per heavy atom. The molecule has 1 N–H and O–H groups in total. The van der Waals surface area contributed by atoms with Gasteiger partial charge < -0.3 is 15.0 Å². The topological polar surface area (TPSA) is 58.6 Å². The molecular weight excluding hydrogens is 456 g/mol. The molecule has 0 fully saturated rings. The van der Waals surface area contributed by atoms with Gasteiger partial charge >= 0.3 is 0 Å². The van der Waals surface area contributed by atoms with E-state index in [2.05, 4.69) is 21.2 Å². The summed E-state index contributed by atoms with van der Waals surface area (Å²) in [4.78, 5) is 27.2. The van der Waals surface area contributed by atoms with Crippen LogP contribution < -0.4 is 10.1 Å². The van der Waals surface area contributed by atoms with E-state index < -0.39 is 11.6 Å². The van der Waals surface area contributed by atoms with E-state index in [0.29, 0.717) is 10.8 Å². The van der Waals surface area contributed by atoms with Crippen molar-refractivity contribution in [2.45, 2.75) is 45.8 Å². The van der Waals surface area contributed by atoms with Crippen molar-refractivity contribution in [3.8, 4) is 5.75 Å². The van der Waals surface area contributed by atoms with E-state index >= 15 is 0 Å². The van der Waals surface area contributed by atoms with Crippen molar-refractivity contribution in [2.24, 2.45) is 0 Å².